The molecule has 3 heterocycles. The number of fused-ring (bicyclic) bond motifs is 2. The van der Waals surface area contributed by atoms with Crippen LogP contribution in [0.15, 0.2) is 23.6 Å². The zero-order valence-corrected chi connectivity index (χ0v) is 16.6. The van der Waals surface area contributed by atoms with Crippen LogP contribution in [0, 0.1) is 0 Å². The molecule has 144 valence electrons. The molecule has 2 saturated heterocycles. The van der Waals surface area contributed by atoms with Gasteiger partial charge >= 0.3 is 0 Å². The Balaban J connectivity index is 1.49. The van der Waals surface area contributed by atoms with Gasteiger partial charge in [-0.15, -0.1) is 11.3 Å². The molecule has 7 heteroatoms. The lowest BCUT2D eigenvalue weighted by atomic mass is 10.1. The number of methoxy groups -OCH3 is 2. The Morgan fingerprint density at radius 3 is 2.85 bits per heavy atom. The number of rotatable bonds is 5. The van der Waals surface area contributed by atoms with E-state index in [0.717, 1.165) is 48.6 Å². The van der Waals surface area contributed by atoms with Gasteiger partial charge in [0.05, 0.1) is 26.3 Å². The predicted octanol–water partition coefficient (Wildman–Crippen LogP) is 2.72. The molecule has 2 aromatic rings. The van der Waals surface area contributed by atoms with Crippen molar-refractivity contribution in [1.29, 1.82) is 0 Å². The number of hydrogen-bond acceptors (Lipinski definition) is 6. The molecule has 0 spiro atoms. The largest absolute Gasteiger partial charge is 0.493 e. The van der Waals surface area contributed by atoms with Crippen molar-refractivity contribution >= 4 is 17.2 Å². The summed E-state index contributed by atoms with van der Waals surface area (Å²) in [7, 11) is 3.24. The number of aromatic nitrogens is 1. The Hall–Kier alpha value is -2.12. The van der Waals surface area contributed by atoms with E-state index in [1.165, 1.54) is 0 Å². The van der Waals surface area contributed by atoms with E-state index >= 15 is 0 Å². The lowest BCUT2D eigenvalue weighted by Crippen LogP contribution is -2.43. The zero-order chi connectivity index (χ0) is 18.8. The topological polar surface area (TPSA) is 63.7 Å². The van der Waals surface area contributed by atoms with E-state index in [9.17, 15) is 4.79 Å². The van der Waals surface area contributed by atoms with Crippen molar-refractivity contribution < 1.29 is 14.3 Å². The summed E-state index contributed by atoms with van der Waals surface area (Å²) in [4.78, 5) is 19.8. The summed E-state index contributed by atoms with van der Waals surface area (Å²) in [5.74, 6) is 1.57. The molecule has 6 nitrogen and oxygen atoms in total. The van der Waals surface area contributed by atoms with Gasteiger partial charge in [0.15, 0.2) is 11.5 Å². The van der Waals surface area contributed by atoms with Gasteiger partial charge in [-0.1, -0.05) is 0 Å². The highest BCUT2D eigenvalue weighted by Gasteiger charge is 2.37. The molecule has 2 bridgehead atoms. The molecular formula is C20H25N3O3S. The van der Waals surface area contributed by atoms with Crippen LogP contribution >= 0.6 is 11.3 Å². The first-order chi connectivity index (χ1) is 13.2. The maximum absolute atomic E-state index is 12.9. The fourth-order valence-corrected chi connectivity index (χ4v) is 4.94. The number of nitrogens with zero attached hydrogens (tertiary/aromatic N) is 2. The van der Waals surface area contributed by atoms with Crippen LogP contribution < -0.4 is 14.8 Å². The van der Waals surface area contributed by atoms with Crippen molar-refractivity contribution in [2.45, 2.75) is 37.8 Å². The van der Waals surface area contributed by atoms with E-state index in [0.29, 0.717) is 30.0 Å². The van der Waals surface area contributed by atoms with Crippen LogP contribution in [-0.2, 0) is 11.2 Å². The summed E-state index contributed by atoms with van der Waals surface area (Å²) in [6.07, 6.45) is 3.66. The molecule has 27 heavy (non-hydrogen) atoms. The summed E-state index contributed by atoms with van der Waals surface area (Å²) in [5, 5.41) is 6.32. The molecule has 1 N–H and O–H groups in total. The van der Waals surface area contributed by atoms with E-state index in [1.807, 2.05) is 23.6 Å². The van der Waals surface area contributed by atoms with Crippen molar-refractivity contribution in [2.24, 2.45) is 0 Å². The normalized spacial score (nSPS) is 21.8. The lowest BCUT2D eigenvalue weighted by molar-refractivity contribution is -0.133. The minimum absolute atomic E-state index is 0.204. The second kappa shape index (κ2) is 7.86. The molecule has 0 radical (unpaired) electrons. The molecule has 2 aliphatic rings. The van der Waals surface area contributed by atoms with Crippen molar-refractivity contribution in [3.63, 3.8) is 0 Å². The summed E-state index contributed by atoms with van der Waals surface area (Å²) in [6, 6.07) is 6.49. The lowest BCUT2D eigenvalue weighted by Gasteiger charge is -2.27. The van der Waals surface area contributed by atoms with Crippen LogP contribution in [0.25, 0.3) is 10.6 Å². The third-order valence-corrected chi connectivity index (χ3v) is 6.40. The first-order valence-electron chi connectivity index (χ1n) is 9.38. The van der Waals surface area contributed by atoms with Crippen LogP contribution in [0.1, 0.15) is 25.0 Å². The van der Waals surface area contributed by atoms with E-state index in [1.54, 1.807) is 25.6 Å². The van der Waals surface area contributed by atoms with Gasteiger partial charge in [-0.3, -0.25) is 4.79 Å². The predicted molar refractivity (Wildman–Crippen MR) is 106 cm³/mol. The highest BCUT2D eigenvalue weighted by atomic mass is 32.1. The average molecular weight is 388 g/mol. The van der Waals surface area contributed by atoms with Crippen LogP contribution in [-0.4, -0.2) is 55.2 Å². The fraction of sp³-hybridized carbons (Fsp3) is 0.500. The van der Waals surface area contributed by atoms with Gasteiger partial charge in [-0.05, 0) is 44.0 Å². The number of thiazole rings is 1. The molecule has 0 saturated carbocycles. The van der Waals surface area contributed by atoms with Gasteiger partial charge < -0.3 is 19.7 Å². The average Bonchev–Trinajstić information content (AvgIpc) is 3.24. The molecule has 1 aromatic heterocycles. The summed E-state index contributed by atoms with van der Waals surface area (Å²) in [6.45, 7) is 1.92. The van der Waals surface area contributed by atoms with E-state index in [2.05, 4.69) is 10.2 Å². The second-order valence-electron chi connectivity index (χ2n) is 7.07. The van der Waals surface area contributed by atoms with Crippen molar-refractivity contribution in [1.82, 2.24) is 15.2 Å². The Morgan fingerprint density at radius 2 is 2.04 bits per heavy atom. The molecule has 2 aliphatic heterocycles. The second-order valence-corrected chi connectivity index (χ2v) is 7.93. The third-order valence-electron chi connectivity index (χ3n) is 5.46. The first kappa shape index (κ1) is 18.3. The molecule has 2 unspecified atom stereocenters. The van der Waals surface area contributed by atoms with E-state index in [4.69, 9.17) is 14.5 Å². The number of carbonyl (C=O) groups is 1. The molecule has 2 atom stereocenters. The van der Waals surface area contributed by atoms with Gasteiger partial charge in [0.2, 0.25) is 5.91 Å². The SMILES string of the molecule is COc1ccc(-c2nc(CC(=O)N3C4CCNCC3CC4)cs2)cc1OC. The number of carbonyl (C=O) groups excluding carboxylic acids is 1. The quantitative estimate of drug-likeness (QED) is 0.855. The van der Waals surface area contributed by atoms with Crippen molar-refractivity contribution in [2.75, 3.05) is 27.3 Å². The molecular weight excluding hydrogens is 362 g/mol. The minimum Gasteiger partial charge on any atom is -0.493 e. The molecule has 1 amide bonds. The van der Waals surface area contributed by atoms with Crippen molar-refractivity contribution in [3.8, 4) is 22.1 Å². The van der Waals surface area contributed by atoms with Crippen molar-refractivity contribution in [3.05, 3.63) is 29.3 Å². The highest BCUT2D eigenvalue weighted by molar-refractivity contribution is 7.13. The molecule has 0 aliphatic carbocycles. The smallest absolute Gasteiger partial charge is 0.229 e. The maximum atomic E-state index is 12.9. The summed E-state index contributed by atoms with van der Waals surface area (Å²) >= 11 is 1.55. The Labute approximate surface area is 163 Å². The molecule has 4 rings (SSSR count). The van der Waals surface area contributed by atoms with Crippen LogP contribution in [0.3, 0.4) is 0 Å². The molecule has 1 aromatic carbocycles. The zero-order valence-electron chi connectivity index (χ0n) is 15.7. The summed E-state index contributed by atoms with van der Waals surface area (Å²) < 4.78 is 10.7. The van der Waals surface area contributed by atoms with E-state index < -0.39 is 0 Å². The number of ether oxygens (including phenoxy) is 2. The Morgan fingerprint density at radius 1 is 1.22 bits per heavy atom. The van der Waals surface area contributed by atoms with Gasteiger partial charge in [0.25, 0.3) is 0 Å². The maximum Gasteiger partial charge on any atom is 0.229 e. The first-order valence-corrected chi connectivity index (χ1v) is 10.3. The van der Waals surface area contributed by atoms with Crippen LogP contribution in [0.2, 0.25) is 0 Å². The summed E-state index contributed by atoms with van der Waals surface area (Å²) in [5.41, 5.74) is 1.81. The minimum atomic E-state index is 0.204. The fourth-order valence-electron chi connectivity index (χ4n) is 4.13. The van der Waals surface area contributed by atoms with Gasteiger partial charge in [0, 0.05) is 29.6 Å². The third kappa shape index (κ3) is 3.66. The highest BCUT2D eigenvalue weighted by Crippen LogP contribution is 2.34. The number of nitrogens with one attached hydrogen (secondary N) is 1. The standard InChI is InChI=1S/C20H25N3O3S/c1-25-17-6-3-13(9-18(17)26-2)20-22-14(12-27-20)10-19(24)23-15-4-5-16(23)11-21-8-7-15/h3,6,9,12,15-16,21H,4-5,7-8,10-11H2,1-2H3. The number of benzene rings is 1. The van der Waals surface area contributed by atoms with E-state index in [-0.39, 0.29) is 5.91 Å². The number of amides is 1. The Kier molecular flexibility index (Phi) is 5.31. The molecule has 2 fully saturated rings. The monoisotopic (exact) mass is 387 g/mol. The van der Waals surface area contributed by atoms with Gasteiger partial charge in [-0.25, -0.2) is 4.98 Å². The van der Waals surface area contributed by atoms with Gasteiger partial charge in [0.1, 0.15) is 5.01 Å². The van der Waals surface area contributed by atoms with Crippen LogP contribution in [0.4, 0.5) is 0 Å². The van der Waals surface area contributed by atoms with Crippen LogP contribution in [0.5, 0.6) is 11.5 Å². The van der Waals surface area contributed by atoms with Gasteiger partial charge in [-0.2, -0.15) is 0 Å². The number of hydrogen-bond donors (Lipinski definition) is 1. The Bertz CT molecular complexity index is 809.